The molecule has 0 saturated carbocycles. The van der Waals surface area contributed by atoms with Crippen LogP contribution in [0.1, 0.15) is 46.5 Å². The standard InChI is InChI=1S/C23H22ClN3O3/c24-19-10-5-4-9-17(19)13-18-14-26-23(30-18)20-11-6-12-27(20)21(28)15-25-22(29)16-7-2-1-3-8-16/h1-5,7-10,14,20H,6,11-13,15H2,(H,25,29). The van der Waals surface area contributed by atoms with E-state index < -0.39 is 0 Å². The molecule has 6 nitrogen and oxygen atoms in total. The number of carbonyl (C=O) groups is 2. The molecule has 2 heterocycles. The molecule has 30 heavy (non-hydrogen) atoms. The van der Waals surface area contributed by atoms with Gasteiger partial charge in [0.2, 0.25) is 11.8 Å². The summed E-state index contributed by atoms with van der Waals surface area (Å²) in [6.07, 6.45) is 3.88. The van der Waals surface area contributed by atoms with Crippen LogP contribution in [0.3, 0.4) is 0 Å². The predicted octanol–water partition coefficient (Wildman–Crippen LogP) is 4.01. The topological polar surface area (TPSA) is 75.4 Å². The molecule has 1 aromatic heterocycles. The van der Waals surface area contributed by atoms with Crippen molar-refractivity contribution in [2.24, 2.45) is 0 Å². The van der Waals surface area contributed by atoms with Crippen LogP contribution in [-0.4, -0.2) is 34.8 Å². The Morgan fingerprint density at radius 1 is 1.13 bits per heavy atom. The van der Waals surface area contributed by atoms with Crippen LogP contribution < -0.4 is 5.32 Å². The zero-order valence-electron chi connectivity index (χ0n) is 16.4. The van der Waals surface area contributed by atoms with E-state index in [-0.39, 0.29) is 24.4 Å². The molecule has 1 aliphatic rings. The fourth-order valence-electron chi connectivity index (χ4n) is 3.66. The average molecular weight is 424 g/mol. The third kappa shape index (κ3) is 4.54. The van der Waals surface area contributed by atoms with Crippen molar-refractivity contribution >= 4 is 23.4 Å². The molecule has 0 bridgehead atoms. The number of hydrogen-bond acceptors (Lipinski definition) is 4. The molecule has 4 rings (SSSR count). The molecule has 1 saturated heterocycles. The van der Waals surface area contributed by atoms with Crippen molar-refractivity contribution in [3.63, 3.8) is 0 Å². The molecule has 7 heteroatoms. The summed E-state index contributed by atoms with van der Waals surface area (Å²) in [6.45, 7) is 0.560. The van der Waals surface area contributed by atoms with Crippen LogP contribution in [0.4, 0.5) is 0 Å². The largest absolute Gasteiger partial charge is 0.443 e. The molecule has 0 aliphatic carbocycles. The number of nitrogens with one attached hydrogen (secondary N) is 1. The summed E-state index contributed by atoms with van der Waals surface area (Å²) in [4.78, 5) is 31.1. The number of hydrogen-bond donors (Lipinski definition) is 1. The lowest BCUT2D eigenvalue weighted by atomic mass is 10.1. The number of benzene rings is 2. The lowest BCUT2D eigenvalue weighted by Crippen LogP contribution is -2.39. The number of likely N-dealkylation sites (tertiary alicyclic amines) is 1. The van der Waals surface area contributed by atoms with Crippen molar-refractivity contribution in [2.45, 2.75) is 25.3 Å². The van der Waals surface area contributed by atoms with Crippen LogP contribution in [-0.2, 0) is 11.2 Å². The zero-order chi connectivity index (χ0) is 20.9. The summed E-state index contributed by atoms with van der Waals surface area (Å²) in [6, 6.07) is 16.2. The van der Waals surface area contributed by atoms with Crippen LogP contribution in [0.25, 0.3) is 0 Å². The van der Waals surface area contributed by atoms with Crippen molar-refractivity contribution in [1.82, 2.24) is 15.2 Å². The van der Waals surface area contributed by atoms with Gasteiger partial charge >= 0.3 is 0 Å². The second-order valence-corrected chi connectivity index (χ2v) is 7.63. The van der Waals surface area contributed by atoms with E-state index in [1.165, 1.54) is 0 Å². The van der Waals surface area contributed by atoms with E-state index in [4.69, 9.17) is 16.0 Å². The normalized spacial score (nSPS) is 15.9. The zero-order valence-corrected chi connectivity index (χ0v) is 17.1. The summed E-state index contributed by atoms with van der Waals surface area (Å²) >= 11 is 6.23. The Hall–Kier alpha value is -3.12. The lowest BCUT2D eigenvalue weighted by Gasteiger charge is -2.22. The van der Waals surface area contributed by atoms with E-state index in [1.54, 1.807) is 35.4 Å². The van der Waals surface area contributed by atoms with Crippen molar-refractivity contribution < 1.29 is 14.0 Å². The molecule has 1 fully saturated rings. The van der Waals surface area contributed by atoms with Crippen LogP contribution in [0, 0.1) is 0 Å². The molecular formula is C23H22ClN3O3. The first-order valence-corrected chi connectivity index (χ1v) is 10.3. The van der Waals surface area contributed by atoms with Crippen molar-refractivity contribution in [1.29, 1.82) is 0 Å². The highest BCUT2D eigenvalue weighted by molar-refractivity contribution is 6.31. The molecule has 1 N–H and O–H groups in total. The number of carbonyl (C=O) groups excluding carboxylic acids is 2. The van der Waals surface area contributed by atoms with E-state index in [9.17, 15) is 9.59 Å². The Morgan fingerprint density at radius 3 is 2.70 bits per heavy atom. The number of nitrogens with zero attached hydrogens (tertiary/aromatic N) is 2. The monoisotopic (exact) mass is 423 g/mol. The van der Waals surface area contributed by atoms with Gasteiger partial charge in [-0.2, -0.15) is 0 Å². The second kappa shape index (κ2) is 9.13. The van der Waals surface area contributed by atoms with Crippen molar-refractivity contribution in [2.75, 3.05) is 13.1 Å². The molecule has 1 unspecified atom stereocenters. The molecular weight excluding hydrogens is 402 g/mol. The van der Waals surface area contributed by atoms with Gasteiger partial charge in [-0.05, 0) is 36.6 Å². The summed E-state index contributed by atoms with van der Waals surface area (Å²) in [5.74, 6) is 0.817. The van der Waals surface area contributed by atoms with Gasteiger partial charge in [-0.1, -0.05) is 48.0 Å². The van der Waals surface area contributed by atoms with Crippen molar-refractivity contribution in [3.05, 3.63) is 88.6 Å². The maximum Gasteiger partial charge on any atom is 0.251 e. The number of oxazole rings is 1. The summed E-state index contributed by atoms with van der Waals surface area (Å²) < 4.78 is 5.95. The van der Waals surface area contributed by atoms with E-state index in [0.29, 0.717) is 35.2 Å². The van der Waals surface area contributed by atoms with Gasteiger partial charge in [0.1, 0.15) is 11.8 Å². The highest BCUT2D eigenvalue weighted by atomic mass is 35.5. The van der Waals surface area contributed by atoms with E-state index >= 15 is 0 Å². The highest BCUT2D eigenvalue weighted by Crippen LogP contribution is 2.32. The summed E-state index contributed by atoms with van der Waals surface area (Å²) in [5.41, 5.74) is 1.49. The van der Waals surface area contributed by atoms with Gasteiger partial charge in [-0.15, -0.1) is 0 Å². The van der Waals surface area contributed by atoms with Crippen LogP contribution in [0.5, 0.6) is 0 Å². The number of rotatable bonds is 6. The van der Waals surface area contributed by atoms with Crippen LogP contribution in [0.15, 0.2) is 65.2 Å². The molecule has 3 aromatic rings. The van der Waals surface area contributed by atoms with Gasteiger partial charge in [0.15, 0.2) is 0 Å². The Balaban J connectivity index is 1.39. The molecule has 1 atom stereocenters. The maximum atomic E-state index is 12.7. The first-order valence-electron chi connectivity index (χ1n) is 9.92. The fraction of sp³-hybridized carbons (Fsp3) is 0.261. The Labute approximate surface area is 179 Å². The Bertz CT molecular complexity index is 1030. The van der Waals surface area contributed by atoms with Gasteiger partial charge in [0, 0.05) is 23.6 Å². The first kappa shape index (κ1) is 20.2. The Morgan fingerprint density at radius 2 is 1.90 bits per heavy atom. The highest BCUT2D eigenvalue weighted by Gasteiger charge is 2.33. The third-order valence-electron chi connectivity index (χ3n) is 5.19. The molecule has 0 spiro atoms. The summed E-state index contributed by atoms with van der Waals surface area (Å²) in [5, 5.41) is 3.38. The number of amides is 2. The van der Waals surface area contributed by atoms with Gasteiger partial charge < -0.3 is 14.6 Å². The minimum atomic E-state index is -0.266. The van der Waals surface area contributed by atoms with E-state index in [1.807, 2.05) is 30.3 Å². The average Bonchev–Trinajstić information content (AvgIpc) is 3.43. The van der Waals surface area contributed by atoms with Crippen LogP contribution >= 0.6 is 11.6 Å². The second-order valence-electron chi connectivity index (χ2n) is 7.23. The molecule has 1 aliphatic heterocycles. The van der Waals surface area contributed by atoms with E-state index in [2.05, 4.69) is 10.3 Å². The van der Waals surface area contributed by atoms with Gasteiger partial charge in [0.25, 0.3) is 5.91 Å². The minimum Gasteiger partial charge on any atom is -0.443 e. The molecule has 154 valence electrons. The maximum absolute atomic E-state index is 12.7. The smallest absolute Gasteiger partial charge is 0.251 e. The molecule has 2 aromatic carbocycles. The molecule has 2 amide bonds. The van der Waals surface area contributed by atoms with Gasteiger partial charge in [-0.3, -0.25) is 9.59 Å². The van der Waals surface area contributed by atoms with Gasteiger partial charge in [0.05, 0.1) is 12.7 Å². The third-order valence-corrected chi connectivity index (χ3v) is 5.56. The minimum absolute atomic E-state index is 0.0581. The SMILES string of the molecule is O=C(NCC(=O)N1CCCC1c1ncc(Cc2ccccc2Cl)o1)c1ccccc1. The predicted molar refractivity (Wildman–Crippen MR) is 113 cm³/mol. The Kier molecular flexibility index (Phi) is 6.14. The first-order chi connectivity index (χ1) is 14.6. The van der Waals surface area contributed by atoms with Crippen LogP contribution in [0.2, 0.25) is 5.02 Å². The molecule has 0 radical (unpaired) electrons. The van der Waals surface area contributed by atoms with Gasteiger partial charge in [-0.25, -0.2) is 4.98 Å². The number of halogens is 1. The van der Waals surface area contributed by atoms with Crippen molar-refractivity contribution in [3.8, 4) is 0 Å². The van der Waals surface area contributed by atoms with E-state index in [0.717, 1.165) is 18.4 Å². The lowest BCUT2D eigenvalue weighted by molar-refractivity contribution is -0.131. The quantitative estimate of drug-likeness (QED) is 0.649. The fourth-order valence-corrected chi connectivity index (χ4v) is 3.86. The number of aromatic nitrogens is 1. The summed E-state index contributed by atoms with van der Waals surface area (Å²) in [7, 11) is 0.